The first-order chi connectivity index (χ1) is 10.3. The average molecular weight is 281 g/mol. The van der Waals surface area contributed by atoms with Crippen LogP contribution < -0.4 is 5.32 Å². The molecule has 0 saturated heterocycles. The largest absolute Gasteiger partial charge is 0.508 e. The number of nitrogens with zero attached hydrogens (tertiary/aromatic N) is 2. The number of rotatable bonds is 5. The van der Waals surface area contributed by atoms with Crippen molar-refractivity contribution < 1.29 is 5.11 Å². The van der Waals surface area contributed by atoms with E-state index in [-0.39, 0.29) is 0 Å². The Morgan fingerprint density at radius 1 is 1.10 bits per heavy atom. The van der Waals surface area contributed by atoms with E-state index in [0.29, 0.717) is 12.3 Å². The van der Waals surface area contributed by atoms with E-state index in [2.05, 4.69) is 20.9 Å². The van der Waals surface area contributed by atoms with Gasteiger partial charge in [0.15, 0.2) is 0 Å². The van der Waals surface area contributed by atoms with Crippen molar-refractivity contribution in [1.29, 1.82) is 0 Å². The standard InChI is InChI=1S/C17H19N3O/c1-13-19-15-7-3-4-8-16(15)20(13)11-10-18-12-14-6-2-5-9-17(14)21/h2-9,18,21H,10-12H2,1H3. The number of fused-ring (bicyclic) bond motifs is 1. The molecule has 2 N–H and O–H groups in total. The van der Waals surface area contributed by atoms with Crippen molar-refractivity contribution in [3.05, 3.63) is 59.9 Å². The average Bonchev–Trinajstić information content (AvgIpc) is 2.81. The Kier molecular flexibility index (Phi) is 3.88. The van der Waals surface area contributed by atoms with Gasteiger partial charge in [-0.05, 0) is 25.1 Å². The summed E-state index contributed by atoms with van der Waals surface area (Å²) in [6, 6.07) is 15.6. The predicted molar refractivity (Wildman–Crippen MR) is 84.3 cm³/mol. The maximum atomic E-state index is 9.72. The Labute approximate surface area is 124 Å². The Morgan fingerprint density at radius 2 is 1.86 bits per heavy atom. The van der Waals surface area contributed by atoms with Crippen LogP contribution in [-0.2, 0) is 13.1 Å². The zero-order valence-electron chi connectivity index (χ0n) is 12.1. The number of nitrogens with one attached hydrogen (secondary N) is 1. The topological polar surface area (TPSA) is 50.1 Å². The predicted octanol–water partition coefficient (Wildman–Crippen LogP) is 2.84. The van der Waals surface area contributed by atoms with Crippen LogP contribution >= 0.6 is 0 Å². The minimum atomic E-state index is 0.342. The van der Waals surface area contributed by atoms with Gasteiger partial charge in [-0.15, -0.1) is 0 Å². The van der Waals surface area contributed by atoms with Crippen LogP contribution in [0.15, 0.2) is 48.5 Å². The quantitative estimate of drug-likeness (QED) is 0.707. The van der Waals surface area contributed by atoms with Gasteiger partial charge in [-0.2, -0.15) is 0 Å². The third-order valence-electron chi connectivity index (χ3n) is 3.66. The molecule has 2 aromatic carbocycles. The van der Waals surface area contributed by atoms with E-state index in [1.165, 1.54) is 5.52 Å². The number of para-hydroxylation sites is 3. The highest BCUT2D eigenvalue weighted by molar-refractivity contribution is 5.75. The number of hydrogen-bond donors (Lipinski definition) is 2. The van der Waals surface area contributed by atoms with Crippen LogP contribution in [0.4, 0.5) is 0 Å². The summed E-state index contributed by atoms with van der Waals surface area (Å²) in [5, 5.41) is 13.1. The molecule has 1 aromatic heterocycles. The fourth-order valence-corrected chi connectivity index (χ4v) is 2.55. The van der Waals surface area contributed by atoms with E-state index in [0.717, 1.165) is 30.0 Å². The summed E-state index contributed by atoms with van der Waals surface area (Å²) in [4.78, 5) is 4.56. The molecular weight excluding hydrogens is 262 g/mol. The number of hydrogen-bond acceptors (Lipinski definition) is 3. The molecule has 4 nitrogen and oxygen atoms in total. The van der Waals surface area contributed by atoms with Crippen molar-refractivity contribution in [2.75, 3.05) is 6.54 Å². The molecule has 0 radical (unpaired) electrons. The van der Waals surface area contributed by atoms with Crippen LogP contribution in [0.5, 0.6) is 5.75 Å². The molecule has 108 valence electrons. The molecule has 21 heavy (non-hydrogen) atoms. The van der Waals surface area contributed by atoms with Gasteiger partial charge in [-0.1, -0.05) is 30.3 Å². The fourth-order valence-electron chi connectivity index (χ4n) is 2.55. The van der Waals surface area contributed by atoms with E-state index in [1.54, 1.807) is 6.07 Å². The van der Waals surface area contributed by atoms with Gasteiger partial charge in [0.1, 0.15) is 11.6 Å². The molecule has 0 saturated carbocycles. The maximum absolute atomic E-state index is 9.72. The second-order valence-corrected chi connectivity index (χ2v) is 5.10. The molecule has 0 bridgehead atoms. The van der Waals surface area contributed by atoms with Crippen molar-refractivity contribution in [1.82, 2.24) is 14.9 Å². The number of imidazole rings is 1. The first-order valence-electron chi connectivity index (χ1n) is 7.15. The highest BCUT2D eigenvalue weighted by Gasteiger charge is 2.06. The minimum absolute atomic E-state index is 0.342. The van der Waals surface area contributed by atoms with Crippen LogP contribution in [0.25, 0.3) is 11.0 Å². The second-order valence-electron chi connectivity index (χ2n) is 5.10. The summed E-state index contributed by atoms with van der Waals surface area (Å²) in [5.41, 5.74) is 3.12. The van der Waals surface area contributed by atoms with E-state index in [9.17, 15) is 5.11 Å². The Morgan fingerprint density at radius 3 is 2.71 bits per heavy atom. The fraction of sp³-hybridized carbons (Fsp3) is 0.235. The molecule has 1 heterocycles. The van der Waals surface area contributed by atoms with Crippen molar-refractivity contribution in [3.8, 4) is 5.75 Å². The zero-order valence-corrected chi connectivity index (χ0v) is 12.1. The lowest BCUT2D eigenvalue weighted by Crippen LogP contribution is -2.20. The van der Waals surface area contributed by atoms with Crippen LogP contribution in [-0.4, -0.2) is 21.2 Å². The smallest absolute Gasteiger partial charge is 0.120 e. The van der Waals surface area contributed by atoms with Crippen molar-refractivity contribution in [2.24, 2.45) is 0 Å². The monoisotopic (exact) mass is 281 g/mol. The Bertz CT molecular complexity index is 749. The lowest BCUT2D eigenvalue weighted by Gasteiger charge is -2.09. The molecule has 0 fully saturated rings. The molecule has 3 rings (SSSR count). The van der Waals surface area contributed by atoms with Gasteiger partial charge in [0.25, 0.3) is 0 Å². The molecule has 0 unspecified atom stereocenters. The zero-order chi connectivity index (χ0) is 14.7. The van der Waals surface area contributed by atoms with Gasteiger partial charge in [0.05, 0.1) is 11.0 Å². The normalized spacial score (nSPS) is 11.1. The van der Waals surface area contributed by atoms with Gasteiger partial charge >= 0.3 is 0 Å². The van der Waals surface area contributed by atoms with Crippen LogP contribution in [0.2, 0.25) is 0 Å². The molecular formula is C17H19N3O. The molecule has 4 heteroatoms. The van der Waals surface area contributed by atoms with Gasteiger partial charge < -0.3 is 15.0 Å². The molecule has 0 spiro atoms. The summed E-state index contributed by atoms with van der Waals surface area (Å²) in [5.74, 6) is 1.37. The molecule has 3 aromatic rings. The van der Waals surface area contributed by atoms with Crippen LogP contribution in [0.1, 0.15) is 11.4 Å². The maximum Gasteiger partial charge on any atom is 0.120 e. The van der Waals surface area contributed by atoms with E-state index in [1.807, 2.05) is 43.3 Å². The minimum Gasteiger partial charge on any atom is -0.508 e. The number of aromatic hydroxyl groups is 1. The van der Waals surface area contributed by atoms with Crippen LogP contribution in [0, 0.1) is 6.92 Å². The van der Waals surface area contributed by atoms with E-state index in [4.69, 9.17) is 0 Å². The molecule has 0 amide bonds. The van der Waals surface area contributed by atoms with Crippen molar-refractivity contribution in [3.63, 3.8) is 0 Å². The molecule has 0 aliphatic heterocycles. The van der Waals surface area contributed by atoms with E-state index >= 15 is 0 Å². The molecule has 0 aliphatic rings. The van der Waals surface area contributed by atoms with Gasteiger partial charge in [-0.25, -0.2) is 4.98 Å². The van der Waals surface area contributed by atoms with Crippen LogP contribution in [0.3, 0.4) is 0 Å². The lowest BCUT2D eigenvalue weighted by molar-refractivity contribution is 0.463. The summed E-state index contributed by atoms with van der Waals surface area (Å²) < 4.78 is 2.22. The number of aryl methyl sites for hydroxylation is 1. The lowest BCUT2D eigenvalue weighted by atomic mass is 10.2. The molecule has 0 atom stereocenters. The summed E-state index contributed by atoms with van der Waals surface area (Å²) in [6.45, 7) is 4.39. The summed E-state index contributed by atoms with van der Waals surface area (Å²) in [7, 11) is 0. The Balaban J connectivity index is 1.62. The SMILES string of the molecule is Cc1nc2ccccc2n1CCNCc1ccccc1O. The number of phenolic OH excluding ortho intramolecular Hbond substituents is 1. The highest BCUT2D eigenvalue weighted by Crippen LogP contribution is 2.16. The number of aromatic nitrogens is 2. The number of phenols is 1. The second kappa shape index (κ2) is 5.97. The summed E-state index contributed by atoms with van der Waals surface area (Å²) in [6.07, 6.45) is 0. The Hall–Kier alpha value is -2.33. The van der Waals surface area contributed by atoms with Crippen molar-refractivity contribution >= 4 is 11.0 Å². The summed E-state index contributed by atoms with van der Waals surface area (Å²) >= 11 is 0. The third-order valence-corrected chi connectivity index (χ3v) is 3.66. The van der Waals surface area contributed by atoms with Gasteiger partial charge in [-0.3, -0.25) is 0 Å². The first kappa shape index (κ1) is 13.6. The van der Waals surface area contributed by atoms with Gasteiger partial charge in [0.2, 0.25) is 0 Å². The first-order valence-corrected chi connectivity index (χ1v) is 7.15. The van der Waals surface area contributed by atoms with Gasteiger partial charge in [0, 0.05) is 25.2 Å². The highest BCUT2D eigenvalue weighted by atomic mass is 16.3. The van der Waals surface area contributed by atoms with Crippen molar-refractivity contribution in [2.45, 2.75) is 20.0 Å². The third kappa shape index (κ3) is 2.90. The molecule has 0 aliphatic carbocycles. The number of benzene rings is 2. The van der Waals surface area contributed by atoms with E-state index < -0.39 is 0 Å².